The van der Waals surface area contributed by atoms with Gasteiger partial charge in [0.25, 0.3) is 5.91 Å². The van der Waals surface area contributed by atoms with Gasteiger partial charge in [-0.05, 0) is 60.6 Å². The van der Waals surface area contributed by atoms with Crippen LogP contribution in [0, 0.1) is 3.57 Å². The molecule has 1 aliphatic rings. The number of hydrogen-bond acceptors (Lipinski definition) is 1. The Kier molecular flexibility index (Phi) is 3.29. The lowest BCUT2D eigenvalue weighted by Crippen LogP contribution is -2.33. The molecule has 15 heavy (non-hydrogen) atoms. The van der Waals surface area contributed by atoms with Gasteiger partial charge in [0.15, 0.2) is 0 Å². The molecule has 2 rings (SSSR count). The highest BCUT2D eigenvalue weighted by atomic mass is 127. The van der Waals surface area contributed by atoms with Crippen molar-refractivity contribution in [2.24, 2.45) is 0 Å². The second-order valence-corrected chi connectivity index (χ2v) is 5.25. The highest BCUT2D eigenvalue weighted by Crippen LogP contribution is 2.20. The zero-order valence-electron chi connectivity index (χ0n) is 8.74. The van der Waals surface area contributed by atoms with Crippen molar-refractivity contribution in [1.82, 2.24) is 4.90 Å². The summed E-state index contributed by atoms with van der Waals surface area (Å²) in [6, 6.07) is 8.19. The van der Waals surface area contributed by atoms with E-state index in [0.29, 0.717) is 6.04 Å². The second-order valence-electron chi connectivity index (χ2n) is 4.00. The lowest BCUT2D eigenvalue weighted by Gasteiger charge is -2.21. The molecule has 0 radical (unpaired) electrons. The van der Waals surface area contributed by atoms with Crippen molar-refractivity contribution in [2.45, 2.75) is 25.8 Å². The number of rotatable bonds is 1. The average molecular weight is 315 g/mol. The lowest BCUT2D eigenvalue weighted by atomic mass is 10.2. The van der Waals surface area contributed by atoms with Crippen LogP contribution in [0.5, 0.6) is 0 Å². The molecule has 0 spiro atoms. The molecule has 1 aromatic rings. The molecular weight excluding hydrogens is 301 g/mol. The number of carbonyl (C=O) groups is 1. The van der Waals surface area contributed by atoms with Gasteiger partial charge in [-0.2, -0.15) is 0 Å². The number of nitrogens with zero attached hydrogens (tertiary/aromatic N) is 1. The fraction of sp³-hybridized carbons (Fsp3) is 0.417. The summed E-state index contributed by atoms with van der Waals surface area (Å²) in [6.45, 7) is 3.03. The predicted molar refractivity (Wildman–Crippen MR) is 68.9 cm³/mol. The first kappa shape index (κ1) is 10.9. The number of halogens is 1. The van der Waals surface area contributed by atoms with E-state index in [-0.39, 0.29) is 5.91 Å². The molecule has 3 heteroatoms. The van der Waals surface area contributed by atoms with Crippen molar-refractivity contribution in [1.29, 1.82) is 0 Å². The monoisotopic (exact) mass is 315 g/mol. The first-order valence-electron chi connectivity index (χ1n) is 5.25. The van der Waals surface area contributed by atoms with Crippen LogP contribution in [0.1, 0.15) is 30.1 Å². The Labute approximate surface area is 104 Å². The summed E-state index contributed by atoms with van der Waals surface area (Å²) < 4.78 is 1.12. The molecule has 1 aliphatic heterocycles. The van der Waals surface area contributed by atoms with Gasteiger partial charge in [-0.3, -0.25) is 4.79 Å². The van der Waals surface area contributed by atoms with Crippen LogP contribution in [0.15, 0.2) is 24.3 Å². The van der Waals surface area contributed by atoms with Crippen molar-refractivity contribution in [3.8, 4) is 0 Å². The smallest absolute Gasteiger partial charge is 0.254 e. The molecule has 1 fully saturated rings. The van der Waals surface area contributed by atoms with Gasteiger partial charge in [0.1, 0.15) is 0 Å². The van der Waals surface area contributed by atoms with Crippen LogP contribution in [0.2, 0.25) is 0 Å². The van der Waals surface area contributed by atoms with Crippen LogP contribution in [-0.2, 0) is 0 Å². The van der Waals surface area contributed by atoms with Gasteiger partial charge in [-0.25, -0.2) is 0 Å². The van der Waals surface area contributed by atoms with E-state index in [1.165, 1.54) is 0 Å². The van der Waals surface area contributed by atoms with Crippen LogP contribution in [0.4, 0.5) is 0 Å². The van der Waals surface area contributed by atoms with Crippen molar-refractivity contribution >= 4 is 28.5 Å². The molecule has 1 unspecified atom stereocenters. The molecule has 0 aromatic heterocycles. The van der Waals surface area contributed by atoms with E-state index in [2.05, 4.69) is 29.5 Å². The molecule has 2 nitrogen and oxygen atoms in total. The Hall–Kier alpha value is -0.580. The summed E-state index contributed by atoms with van der Waals surface area (Å²) in [7, 11) is 0. The molecular formula is C12H14INO. The molecule has 1 heterocycles. The van der Waals surface area contributed by atoms with Crippen LogP contribution >= 0.6 is 22.6 Å². The van der Waals surface area contributed by atoms with Gasteiger partial charge >= 0.3 is 0 Å². The fourth-order valence-electron chi connectivity index (χ4n) is 2.02. The minimum atomic E-state index is 0.179. The third-order valence-electron chi connectivity index (χ3n) is 2.89. The normalized spacial score (nSPS) is 20.7. The highest BCUT2D eigenvalue weighted by molar-refractivity contribution is 14.1. The minimum Gasteiger partial charge on any atom is -0.336 e. The topological polar surface area (TPSA) is 20.3 Å². The van der Waals surface area contributed by atoms with Crippen molar-refractivity contribution in [3.63, 3.8) is 0 Å². The third-order valence-corrected chi connectivity index (χ3v) is 3.56. The number of amides is 1. The Morgan fingerprint density at radius 1 is 1.53 bits per heavy atom. The highest BCUT2D eigenvalue weighted by Gasteiger charge is 2.25. The van der Waals surface area contributed by atoms with Crippen molar-refractivity contribution in [2.75, 3.05) is 6.54 Å². The van der Waals surface area contributed by atoms with E-state index in [1.807, 2.05) is 29.2 Å². The summed E-state index contributed by atoms with van der Waals surface area (Å²) in [5.41, 5.74) is 0.815. The van der Waals surface area contributed by atoms with Crippen LogP contribution in [-0.4, -0.2) is 23.4 Å². The predicted octanol–water partition coefficient (Wildman–Crippen LogP) is 2.92. The second kappa shape index (κ2) is 4.51. The molecule has 1 aromatic carbocycles. The zero-order valence-corrected chi connectivity index (χ0v) is 10.9. The molecule has 1 amide bonds. The van der Waals surface area contributed by atoms with E-state index in [1.54, 1.807) is 0 Å². The molecule has 80 valence electrons. The summed E-state index contributed by atoms with van der Waals surface area (Å²) in [5, 5.41) is 0. The van der Waals surface area contributed by atoms with Gasteiger partial charge in [0.05, 0.1) is 0 Å². The van der Waals surface area contributed by atoms with Crippen molar-refractivity contribution < 1.29 is 4.79 Å². The molecule has 1 saturated heterocycles. The number of benzene rings is 1. The summed E-state index contributed by atoms with van der Waals surface area (Å²) in [4.78, 5) is 14.1. The minimum absolute atomic E-state index is 0.179. The fourth-order valence-corrected chi connectivity index (χ4v) is 2.57. The number of likely N-dealkylation sites (tertiary alicyclic amines) is 1. The molecule has 1 atom stereocenters. The Bertz CT molecular complexity index is 378. The summed E-state index contributed by atoms with van der Waals surface area (Å²) in [6.07, 6.45) is 2.27. The van der Waals surface area contributed by atoms with Crippen LogP contribution in [0.3, 0.4) is 0 Å². The van der Waals surface area contributed by atoms with Gasteiger partial charge < -0.3 is 4.90 Å². The maximum absolute atomic E-state index is 12.1. The Morgan fingerprint density at radius 3 is 2.93 bits per heavy atom. The average Bonchev–Trinajstić information content (AvgIpc) is 2.63. The van der Waals surface area contributed by atoms with E-state index in [9.17, 15) is 4.79 Å². The molecule has 0 saturated carbocycles. The largest absolute Gasteiger partial charge is 0.336 e. The van der Waals surface area contributed by atoms with Gasteiger partial charge in [-0.1, -0.05) is 6.07 Å². The van der Waals surface area contributed by atoms with E-state index < -0.39 is 0 Å². The van der Waals surface area contributed by atoms with E-state index in [4.69, 9.17) is 0 Å². The molecule has 0 N–H and O–H groups in total. The SMILES string of the molecule is CC1CCCN1C(=O)c1cccc(I)c1. The van der Waals surface area contributed by atoms with Crippen LogP contribution < -0.4 is 0 Å². The number of carbonyl (C=O) groups excluding carboxylic acids is 1. The number of hydrogen-bond donors (Lipinski definition) is 0. The lowest BCUT2D eigenvalue weighted by molar-refractivity contribution is 0.0747. The van der Waals surface area contributed by atoms with E-state index in [0.717, 1.165) is 28.5 Å². The first-order valence-corrected chi connectivity index (χ1v) is 6.33. The standard InChI is InChI=1S/C12H14INO/c1-9-4-3-7-14(9)12(15)10-5-2-6-11(13)8-10/h2,5-6,8-9H,3-4,7H2,1H3. The Balaban J connectivity index is 2.20. The van der Waals surface area contributed by atoms with Gasteiger partial charge in [0, 0.05) is 21.7 Å². The summed E-state index contributed by atoms with van der Waals surface area (Å²) >= 11 is 2.24. The molecule has 0 aliphatic carbocycles. The maximum Gasteiger partial charge on any atom is 0.254 e. The van der Waals surface area contributed by atoms with Gasteiger partial charge in [0.2, 0.25) is 0 Å². The first-order chi connectivity index (χ1) is 7.18. The van der Waals surface area contributed by atoms with Crippen LogP contribution in [0.25, 0.3) is 0 Å². The zero-order chi connectivity index (χ0) is 10.8. The van der Waals surface area contributed by atoms with E-state index >= 15 is 0 Å². The maximum atomic E-state index is 12.1. The molecule has 0 bridgehead atoms. The van der Waals surface area contributed by atoms with Crippen molar-refractivity contribution in [3.05, 3.63) is 33.4 Å². The Morgan fingerprint density at radius 2 is 2.33 bits per heavy atom. The van der Waals surface area contributed by atoms with Gasteiger partial charge in [-0.15, -0.1) is 0 Å². The third kappa shape index (κ3) is 2.33. The summed E-state index contributed by atoms with van der Waals surface area (Å²) in [5.74, 6) is 0.179. The quantitative estimate of drug-likeness (QED) is 0.730.